The average Bonchev–Trinajstić information content (AvgIpc) is 3.41. The van der Waals surface area contributed by atoms with Crippen molar-refractivity contribution in [1.82, 2.24) is 29.6 Å². The minimum atomic E-state index is -1.01. The largest absolute Gasteiger partial charge is 0.479 e. The standard InChI is InChI=1S/C24H28FN7O2/c1-15(25)12-32-20-11-16(3-4-19(20)28-30-32)18-7-10-31-21(18)22(33-2)27-23(29-31)26-17-5-8-24(9-6-17)13-34-14-24/h3-4,7,10-11,15,17H,5-6,8-9,12-14H2,1-2H3,(H,26,29)/t15-/m1/s1. The number of ether oxygens (including phenoxy) is 2. The van der Waals surface area contributed by atoms with Crippen molar-refractivity contribution in [1.29, 1.82) is 0 Å². The number of methoxy groups -OCH3 is 1. The maximum Gasteiger partial charge on any atom is 0.244 e. The first-order chi connectivity index (χ1) is 16.5. The van der Waals surface area contributed by atoms with Crippen molar-refractivity contribution in [3.8, 4) is 17.0 Å². The van der Waals surface area contributed by atoms with E-state index in [0.717, 1.165) is 53.7 Å². The van der Waals surface area contributed by atoms with Gasteiger partial charge in [-0.15, -0.1) is 10.2 Å². The molecule has 34 heavy (non-hydrogen) atoms. The monoisotopic (exact) mass is 465 g/mol. The zero-order chi connectivity index (χ0) is 23.3. The van der Waals surface area contributed by atoms with Gasteiger partial charge in [-0.3, -0.25) is 0 Å². The minimum Gasteiger partial charge on any atom is -0.479 e. The van der Waals surface area contributed by atoms with Crippen LogP contribution in [0.15, 0.2) is 30.5 Å². The predicted molar refractivity (Wildman–Crippen MR) is 126 cm³/mol. The Labute approximate surface area is 196 Å². The molecule has 0 bridgehead atoms. The molecule has 2 fully saturated rings. The highest BCUT2D eigenvalue weighted by Gasteiger charge is 2.41. The van der Waals surface area contributed by atoms with Crippen molar-refractivity contribution in [3.05, 3.63) is 30.5 Å². The van der Waals surface area contributed by atoms with E-state index in [1.807, 2.05) is 30.5 Å². The molecule has 9 nitrogen and oxygen atoms in total. The molecule has 1 saturated heterocycles. The van der Waals surface area contributed by atoms with Crippen LogP contribution in [0.3, 0.4) is 0 Å². The Hall–Kier alpha value is -3.27. The molecule has 178 valence electrons. The SMILES string of the molecule is COc1nc(NC2CCC3(CC2)COC3)nn2ccc(-c3ccc4nnn(C[C@@H](C)F)c4c3)c12. The Morgan fingerprint density at radius 3 is 2.79 bits per heavy atom. The van der Waals surface area contributed by atoms with Gasteiger partial charge in [-0.25, -0.2) is 13.6 Å². The summed E-state index contributed by atoms with van der Waals surface area (Å²) in [4.78, 5) is 4.68. The summed E-state index contributed by atoms with van der Waals surface area (Å²) in [7, 11) is 1.62. The second-order valence-electron chi connectivity index (χ2n) is 9.63. The zero-order valence-electron chi connectivity index (χ0n) is 19.4. The molecule has 4 heterocycles. The van der Waals surface area contributed by atoms with E-state index in [0.29, 0.717) is 23.3 Å². The van der Waals surface area contributed by atoms with E-state index >= 15 is 0 Å². The van der Waals surface area contributed by atoms with Gasteiger partial charge in [0.2, 0.25) is 11.8 Å². The second kappa shape index (κ2) is 8.19. The molecule has 1 N–H and O–H groups in total. The van der Waals surface area contributed by atoms with Crippen LogP contribution >= 0.6 is 0 Å². The van der Waals surface area contributed by atoms with Crippen LogP contribution in [0.1, 0.15) is 32.6 Å². The summed E-state index contributed by atoms with van der Waals surface area (Å²) in [6.07, 6.45) is 5.41. The van der Waals surface area contributed by atoms with Gasteiger partial charge in [0.05, 0.1) is 32.4 Å². The summed E-state index contributed by atoms with van der Waals surface area (Å²) in [5, 5.41) is 16.5. The fraction of sp³-hybridized carbons (Fsp3) is 0.500. The van der Waals surface area contributed by atoms with E-state index in [9.17, 15) is 4.39 Å². The predicted octanol–water partition coefficient (Wildman–Crippen LogP) is 3.88. The molecule has 0 unspecified atom stereocenters. The van der Waals surface area contributed by atoms with Gasteiger partial charge >= 0.3 is 0 Å². The summed E-state index contributed by atoms with van der Waals surface area (Å²) in [5.41, 5.74) is 4.56. The van der Waals surface area contributed by atoms with E-state index in [1.165, 1.54) is 19.8 Å². The van der Waals surface area contributed by atoms with Gasteiger partial charge in [-0.1, -0.05) is 11.3 Å². The van der Waals surface area contributed by atoms with E-state index in [1.54, 1.807) is 16.3 Å². The van der Waals surface area contributed by atoms with Crippen molar-refractivity contribution in [3.63, 3.8) is 0 Å². The molecule has 0 amide bonds. The summed E-state index contributed by atoms with van der Waals surface area (Å²) in [6.45, 7) is 3.47. The highest BCUT2D eigenvalue weighted by Crippen LogP contribution is 2.42. The molecule has 3 aromatic heterocycles. The Morgan fingerprint density at radius 2 is 2.09 bits per heavy atom. The van der Waals surface area contributed by atoms with Gasteiger partial charge in [-0.05, 0) is 56.4 Å². The third-order valence-electron chi connectivity index (χ3n) is 7.12. The molecule has 1 aliphatic carbocycles. The molecule has 0 radical (unpaired) electrons. The molecule has 1 saturated carbocycles. The number of aromatic nitrogens is 6. The van der Waals surface area contributed by atoms with Crippen LogP contribution in [0.4, 0.5) is 10.3 Å². The first kappa shape index (κ1) is 21.3. The summed E-state index contributed by atoms with van der Waals surface area (Å²) >= 11 is 0. The van der Waals surface area contributed by atoms with Crippen LogP contribution in [0.2, 0.25) is 0 Å². The number of nitrogens with one attached hydrogen (secondary N) is 1. The first-order valence-electron chi connectivity index (χ1n) is 11.8. The zero-order valence-corrected chi connectivity index (χ0v) is 19.4. The van der Waals surface area contributed by atoms with Gasteiger partial charge in [0.15, 0.2) is 0 Å². The topological polar surface area (TPSA) is 91.4 Å². The van der Waals surface area contributed by atoms with Gasteiger partial charge in [0, 0.05) is 23.2 Å². The number of hydrogen-bond donors (Lipinski definition) is 1. The first-order valence-corrected chi connectivity index (χ1v) is 11.8. The van der Waals surface area contributed by atoms with Crippen LogP contribution < -0.4 is 10.1 Å². The van der Waals surface area contributed by atoms with Gasteiger partial charge in [-0.2, -0.15) is 4.98 Å². The van der Waals surface area contributed by atoms with Crippen LogP contribution in [-0.4, -0.2) is 62.1 Å². The Bertz CT molecular complexity index is 1330. The molecule has 1 aromatic carbocycles. The lowest BCUT2D eigenvalue weighted by Gasteiger charge is -2.46. The molecule has 4 aromatic rings. The number of halogens is 1. The number of nitrogens with zero attached hydrogens (tertiary/aromatic N) is 6. The van der Waals surface area contributed by atoms with Gasteiger partial charge < -0.3 is 14.8 Å². The van der Waals surface area contributed by atoms with E-state index in [2.05, 4.69) is 20.6 Å². The third-order valence-corrected chi connectivity index (χ3v) is 7.12. The van der Waals surface area contributed by atoms with Crippen molar-refractivity contribution < 1.29 is 13.9 Å². The Morgan fingerprint density at radius 1 is 1.26 bits per heavy atom. The smallest absolute Gasteiger partial charge is 0.244 e. The summed E-state index contributed by atoms with van der Waals surface area (Å²) in [5.74, 6) is 1.06. The number of hydrogen-bond acceptors (Lipinski definition) is 7. The lowest BCUT2D eigenvalue weighted by atomic mass is 9.71. The van der Waals surface area contributed by atoms with Gasteiger partial charge in [0.25, 0.3) is 0 Å². The molecule has 1 spiro atoms. The van der Waals surface area contributed by atoms with Gasteiger partial charge in [0.1, 0.15) is 17.2 Å². The fourth-order valence-corrected chi connectivity index (χ4v) is 5.17. The number of alkyl halides is 1. The fourth-order valence-electron chi connectivity index (χ4n) is 5.17. The van der Waals surface area contributed by atoms with Crippen LogP contribution in [0.25, 0.3) is 27.7 Å². The highest BCUT2D eigenvalue weighted by atomic mass is 19.1. The van der Waals surface area contributed by atoms with E-state index in [-0.39, 0.29) is 6.54 Å². The quantitative estimate of drug-likeness (QED) is 0.462. The minimum absolute atomic E-state index is 0.160. The van der Waals surface area contributed by atoms with Crippen molar-refractivity contribution in [2.24, 2.45) is 5.41 Å². The Kier molecular flexibility index (Phi) is 5.13. The number of anilines is 1. The van der Waals surface area contributed by atoms with E-state index < -0.39 is 6.17 Å². The second-order valence-corrected chi connectivity index (χ2v) is 9.63. The molecular formula is C24H28FN7O2. The van der Waals surface area contributed by atoms with E-state index in [4.69, 9.17) is 14.6 Å². The number of benzene rings is 1. The lowest BCUT2D eigenvalue weighted by Crippen LogP contribution is -2.47. The van der Waals surface area contributed by atoms with Crippen molar-refractivity contribution in [2.75, 3.05) is 25.6 Å². The van der Waals surface area contributed by atoms with Crippen molar-refractivity contribution in [2.45, 2.75) is 51.4 Å². The molecule has 6 rings (SSSR count). The normalized spacial score (nSPS) is 18.9. The maximum absolute atomic E-state index is 13.6. The number of fused-ring (bicyclic) bond motifs is 2. The summed E-state index contributed by atoms with van der Waals surface area (Å²) in [6, 6.07) is 8.18. The van der Waals surface area contributed by atoms with Crippen LogP contribution in [0.5, 0.6) is 5.88 Å². The molecule has 2 aliphatic rings. The molecule has 10 heteroatoms. The summed E-state index contributed by atoms with van der Waals surface area (Å²) < 4.78 is 28.1. The third kappa shape index (κ3) is 3.66. The highest BCUT2D eigenvalue weighted by molar-refractivity contribution is 5.89. The molecule has 1 aliphatic heterocycles. The van der Waals surface area contributed by atoms with Crippen molar-refractivity contribution >= 4 is 22.5 Å². The number of rotatable bonds is 6. The maximum atomic E-state index is 13.6. The molecule has 1 atom stereocenters. The van der Waals surface area contributed by atoms with Crippen LogP contribution in [0, 0.1) is 5.41 Å². The Balaban J connectivity index is 1.31. The lowest BCUT2D eigenvalue weighted by molar-refractivity contribution is -0.131. The average molecular weight is 466 g/mol. The van der Waals surface area contributed by atoms with Crippen LogP contribution in [-0.2, 0) is 11.3 Å². The molecular weight excluding hydrogens is 437 g/mol.